The number of urea groups is 1. The highest BCUT2D eigenvalue weighted by Gasteiger charge is 2.37. The lowest BCUT2D eigenvalue weighted by Crippen LogP contribution is -2.48. The fourth-order valence-corrected chi connectivity index (χ4v) is 1.19. The van der Waals surface area contributed by atoms with Crippen LogP contribution >= 0.6 is 0 Å². The molecule has 0 saturated heterocycles. The lowest BCUT2D eigenvalue weighted by Gasteiger charge is -2.13. The molecule has 0 heterocycles. The molecular formula is C8H15N3O3. The van der Waals surface area contributed by atoms with E-state index in [2.05, 4.69) is 10.6 Å². The van der Waals surface area contributed by atoms with Crippen molar-refractivity contribution in [1.29, 1.82) is 0 Å². The average Bonchev–Trinajstić information content (AvgIpc) is 2.93. The maximum atomic E-state index is 11.1. The second-order valence-corrected chi connectivity index (χ2v) is 3.34. The highest BCUT2D eigenvalue weighted by Crippen LogP contribution is 2.32. The summed E-state index contributed by atoms with van der Waals surface area (Å²) < 4.78 is 0. The Kier molecular flexibility index (Phi) is 3.70. The first-order valence-electron chi connectivity index (χ1n) is 4.62. The fourth-order valence-electron chi connectivity index (χ4n) is 1.19. The Morgan fingerprint density at radius 3 is 2.57 bits per heavy atom. The van der Waals surface area contributed by atoms with E-state index in [-0.39, 0.29) is 5.92 Å². The van der Waals surface area contributed by atoms with Crippen LogP contribution in [-0.2, 0) is 4.79 Å². The van der Waals surface area contributed by atoms with Crippen LogP contribution in [0.1, 0.15) is 12.8 Å². The van der Waals surface area contributed by atoms with Gasteiger partial charge in [0.25, 0.3) is 0 Å². The van der Waals surface area contributed by atoms with Crippen LogP contribution in [0.5, 0.6) is 0 Å². The topological polar surface area (TPSA) is 104 Å². The first-order valence-corrected chi connectivity index (χ1v) is 4.62. The van der Waals surface area contributed by atoms with Crippen molar-refractivity contribution in [2.24, 2.45) is 11.7 Å². The van der Waals surface area contributed by atoms with E-state index in [4.69, 9.17) is 10.8 Å². The monoisotopic (exact) mass is 201 g/mol. The zero-order valence-corrected chi connectivity index (χ0v) is 7.82. The van der Waals surface area contributed by atoms with Gasteiger partial charge in [-0.1, -0.05) is 0 Å². The lowest BCUT2D eigenvalue weighted by molar-refractivity contribution is -0.139. The summed E-state index contributed by atoms with van der Waals surface area (Å²) >= 11 is 0. The molecule has 14 heavy (non-hydrogen) atoms. The molecular weight excluding hydrogens is 186 g/mol. The Hall–Kier alpha value is -1.30. The van der Waals surface area contributed by atoms with Crippen LogP contribution in [0.2, 0.25) is 0 Å². The van der Waals surface area contributed by atoms with Crippen molar-refractivity contribution in [3.8, 4) is 0 Å². The second-order valence-electron chi connectivity index (χ2n) is 3.34. The van der Waals surface area contributed by atoms with E-state index in [1.807, 2.05) is 0 Å². The quantitative estimate of drug-likeness (QED) is 0.463. The van der Waals surface area contributed by atoms with Crippen molar-refractivity contribution in [3.63, 3.8) is 0 Å². The zero-order valence-electron chi connectivity index (χ0n) is 7.82. The van der Waals surface area contributed by atoms with Gasteiger partial charge in [-0.2, -0.15) is 0 Å². The Balaban J connectivity index is 2.31. The number of rotatable bonds is 5. The van der Waals surface area contributed by atoms with Crippen molar-refractivity contribution in [2.75, 3.05) is 13.1 Å². The Labute approximate surface area is 81.8 Å². The molecule has 1 aliphatic rings. The second kappa shape index (κ2) is 4.80. The minimum absolute atomic E-state index is 0.0936. The maximum Gasteiger partial charge on any atom is 0.326 e. The largest absolute Gasteiger partial charge is 0.480 e. The third-order valence-corrected chi connectivity index (χ3v) is 2.08. The number of carboxylic acids is 1. The van der Waals surface area contributed by atoms with Gasteiger partial charge in [0.2, 0.25) is 0 Å². The number of carbonyl (C=O) groups excluding carboxylic acids is 1. The summed E-state index contributed by atoms with van der Waals surface area (Å²) in [5.74, 6) is -0.883. The Bertz CT molecular complexity index is 228. The first-order chi connectivity index (χ1) is 6.65. The molecule has 1 aliphatic carbocycles. The minimum atomic E-state index is -0.976. The summed E-state index contributed by atoms with van der Waals surface area (Å²) in [5, 5.41) is 13.7. The molecule has 0 bridgehead atoms. The molecule has 80 valence electrons. The van der Waals surface area contributed by atoms with Gasteiger partial charge < -0.3 is 21.5 Å². The van der Waals surface area contributed by atoms with Gasteiger partial charge in [0.15, 0.2) is 0 Å². The van der Waals surface area contributed by atoms with Crippen molar-refractivity contribution in [2.45, 2.75) is 18.9 Å². The third-order valence-electron chi connectivity index (χ3n) is 2.08. The maximum absolute atomic E-state index is 11.1. The van der Waals surface area contributed by atoms with Crippen molar-refractivity contribution in [3.05, 3.63) is 0 Å². The van der Waals surface area contributed by atoms with Gasteiger partial charge >= 0.3 is 12.0 Å². The van der Waals surface area contributed by atoms with E-state index in [1.165, 1.54) is 0 Å². The molecule has 0 aliphatic heterocycles. The number of amides is 2. The SMILES string of the molecule is NCCNC(=O)NC(C(=O)O)C1CC1. The molecule has 0 radical (unpaired) electrons. The van der Waals surface area contributed by atoms with Crippen LogP contribution in [0.3, 0.4) is 0 Å². The lowest BCUT2D eigenvalue weighted by atomic mass is 10.2. The van der Waals surface area contributed by atoms with Crippen LogP contribution < -0.4 is 16.4 Å². The van der Waals surface area contributed by atoms with E-state index in [1.54, 1.807) is 0 Å². The summed E-state index contributed by atoms with van der Waals surface area (Å²) in [6.07, 6.45) is 1.74. The van der Waals surface area contributed by atoms with Gasteiger partial charge in [-0.05, 0) is 18.8 Å². The number of hydrogen-bond donors (Lipinski definition) is 4. The highest BCUT2D eigenvalue weighted by atomic mass is 16.4. The van der Waals surface area contributed by atoms with E-state index in [0.29, 0.717) is 13.1 Å². The van der Waals surface area contributed by atoms with Crippen LogP contribution in [0.4, 0.5) is 4.79 Å². The zero-order chi connectivity index (χ0) is 10.6. The average molecular weight is 201 g/mol. The minimum Gasteiger partial charge on any atom is -0.480 e. The van der Waals surface area contributed by atoms with Crippen molar-refractivity contribution in [1.82, 2.24) is 10.6 Å². The van der Waals surface area contributed by atoms with Crippen LogP contribution in [-0.4, -0.2) is 36.2 Å². The summed E-state index contributed by atoms with van der Waals surface area (Å²) in [6, 6.07) is -1.22. The van der Waals surface area contributed by atoms with E-state index >= 15 is 0 Å². The van der Waals surface area contributed by atoms with Crippen molar-refractivity contribution < 1.29 is 14.7 Å². The number of carbonyl (C=O) groups is 2. The van der Waals surface area contributed by atoms with Gasteiger partial charge in [0, 0.05) is 13.1 Å². The molecule has 0 aromatic rings. The summed E-state index contributed by atoms with van der Waals surface area (Å²) in [4.78, 5) is 21.8. The van der Waals surface area contributed by atoms with Crippen molar-refractivity contribution >= 4 is 12.0 Å². The molecule has 1 saturated carbocycles. The summed E-state index contributed by atoms with van der Waals surface area (Å²) in [7, 11) is 0. The predicted octanol–water partition coefficient (Wildman–Crippen LogP) is -0.892. The van der Waals surface area contributed by atoms with E-state index < -0.39 is 18.0 Å². The standard InChI is InChI=1S/C8H15N3O3/c9-3-4-10-8(14)11-6(7(12)13)5-1-2-5/h5-6H,1-4,9H2,(H,12,13)(H2,10,11,14). The van der Waals surface area contributed by atoms with Crippen LogP contribution in [0.15, 0.2) is 0 Å². The Morgan fingerprint density at radius 2 is 2.14 bits per heavy atom. The molecule has 0 aromatic heterocycles. The molecule has 5 N–H and O–H groups in total. The molecule has 2 amide bonds. The molecule has 0 aromatic carbocycles. The highest BCUT2D eigenvalue weighted by molar-refractivity contribution is 5.83. The fraction of sp³-hybridized carbons (Fsp3) is 0.750. The molecule has 6 nitrogen and oxygen atoms in total. The molecule has 1 fully saturated rings. The third kappa shape index (κ3) is 3.21. The molecule has 6 heteroatoms. The molecule has 1 atom stereocenters. The van der Waals surface area contributed by atoms with E-state index in [0.717, 1.165) is 12.8 Å². The number of nitrogens with one attached hydrogen (secondary N) is 2. The molecule has 0 spiro atoms. The number of carboxylic acid groups (broad SMARTS) is 1. The molecule has 1 unspecified atom stereocenters. The normalized spacial score (nSPS) is 17.2. The van der Waals surface area contributed by atoms with Crippen LogP contribution in [0, 0.1) is 5.92 Å². The smallest absolute Gasteiger partial charge is 0.326 e. The number of hydrogen-bond acceptors (Lipinski definition) is 3. The van der Waals surface area contributed by atoms with Gasteiger partial charge in [-0.25, -0.2) is 9.59 Å². The number of nitrogens with two attached hydrogens (primary N) is 1. The summed E-state index contributed by atoms with van der Waals surface area (Å²) in [5.41, 5.74) is 5.18. The van der Waals surface area contributed by atoms with Gasteiger partial charge in [-0.15, -0.1) is 0 Å². The van der Waals surface area contributed by atoms with Gasteiger partial charge in [0.1, 0.15) is 6.04 Å². The van der Waals surface area contributed by atoms with Crippen LogP contribution in [0.25, 0.3) is 0 Å². The summed E-state index contributed by atoms with van der Waals surface area (Å²) in [6.45, 7) is 0.692. The number of aliphatic carboxylic acids is 1. The van der Waals surface area contributed by atoms with Gasteiger partial charge in [-0.3, -0.25) is 0 Å². The van der Waals surface area contributed by atoms with Gasteiger partial charge in [0.05, 0.1) is 0 Å². The predicted molar refractivity (Wildman–Crippen MR) is 49.7 cm³/mol. The van der Waals surface area contributed by atoms with E-state index in [9.17, 15) is 9.59 Å². The Morgan fingerprint density at radius 1 is 1.50 bits per heavy atom. The first kappa shape index (κ1) is 10.8. The molecule has 1 rings (SSSR count).